The van der Waals surface area contributed by atoms with Crippen LogP contribution in [-0.2, 0) is 11.2 Å². The van der Waals surface area contributed by atoms with E-state index in [-0.39, 0.29) is 11.7 Å². The maximum Gasteiger partial charge on any atom is 0.236 e. The minimum Gasteiger partial charge on any atom is -0.461 e. The van der Waals surface area contributed by atoms with Crippen molar-refractivity contribution in [3.63, 3.8) is 0 Å². The number of nitrogens with one attached hydrogen (secondary N) is 1. The predicted molar refractivity (Wildman–Crippen MR) is 152 cm³/mol. The van der Waals surface area contributed by atoms with E-state index in [1.165, 1.54) is 39.4 Å². The van der Waals surface area contributed by atoms with Gasteiger partial charge in [0.2, 0.25) is 11.7 Å². The van der Waals surface area contributed by atoms with Gasteiger partial charge in [0.1, 0.15) is 0 Å². The topological polar surface area (TPSA) is 85.8 Å². The molecule has 9 heteroatoms. The van der Waals surface area contributed by atoms with Crippen molar-refractivity contribution in [2.45, 2.75) is 18.5 Å². The lowest BCUT2D eigenvalue weighted by Gasteiger charge is -2.09. The summed E-state index contributed by atoms with van der Waals surface area (Å²) >= 11 is 2.81. The van der Waals surface area contributed by atoms with Crippen LogP contribution in [0.4, 0.5) is 5.13 Å². The number of carbonyl (C=O) groups excluding carboxylic acids is 1. The molecule has 0 aliphatic heterocycles. The molecule has 0 fully saturated rings. The fourth-order valence-corrected chi connectivity index (χ4v) is 5.83. The molecule has 0 saturated carbocycles. The highest BCUT2D eigenvalue weighted by Crippen LogP contribution is 2.29. The Morgan fingerprint density at radius 3 is 2.68 bits per heavy atom. The molecule has 0 saturated heterocycles. The molecule has 0 aliphatic rings. The van der Waals surface area contributed by atoms with Gasteiger partial charge in [-0.1, -0.05) is 71.9 Å². The van der Waals surface area contributed by atoms with E-state index in [1.807, 2.05) is 60.2 Å². The van der Waals surface area contributed by atoms with Crippen molar-refractivity contribution in [1.82, 2.24) is 19.7 Å². The second kappa shape index (κ2) is 10.6. The van der Waals surface area contributed by atoms with Crippen molar-refractivity contribution < 1.29 is 9.21 Å². The first-order chi connectivity index (χ1) is 18.6. The van der Waals surface area contributed by atoms with Crippen LogP contribution >= 0.6 is 23.1 Å². The summed E-state index contributed by atoms with van der Waals surface area (Å²) in [5.74, 6) is 1.20. The third-order valence-corrected chi connectivity index (χ3v) is 7.89. The van der Waals surface area contributed by atoms with Crippen molar-refractivity contribution >= 4 is 44.9 Å². The number of amides is 1. The van der Waals surface area contributed by atoms with Crippen LogP contribution in [0, 0.1) is 6.92 Å². The second-order valence-corrected chi connectivity index (χ2v) is 10.8. The molecule has 0 radical (unpaired) electrons. The minimum absolute atomic E-state index is 0.154. The lowest BCUT2D eigenvalue weighted by Crippen LogP contribution is -2.14. The number of anilines is 1. The molecule has 0 aliphatic carbocycles. The maximum atomic E-state index is 12.8. The summed E-state index contributed by atoms with van der Waals surface area (Å²) < 4.78 is 7.48. The standard InChI is InChI=1S/C29H23N5O2S2/c1-19-11-13-22(14-12-19)34-27(25-10-5-15-36-25)32-33-29(34)37-18-26(35)31-28-30-17-23(38-28)16-21-8-4-7-20-6-2-3-9-24(20)21/h2-15,17H,16,18H2,1H3,(H,30,31,35). The Balaban J connectivity index is 1.15. The number of thiazole rings is 1. The van der Waals surface area contributed by atoms with Crippen molar-refractivity contribution in [2.75, 3.05) is 11.1 Å². The number of fused-ring (bicyclic) bond motifs is 1. The third kappa shape index (κ3) is 5.11. The van der Waals surface area contributed by atoms with Gasteiger partial charge in [0.05, 0.1) is 12.0 Å². The van der Waals surface area contributed by atoms with Crippen LogP contribution in [0.25, 0.3) is 28.0 Å². The van der Waals surface area contributed by atoms with Crippen LogP contribution in [0.3, 0.4) is 0 Å². The summed E-state index contributed by atoms with van der Waals surface area (Å²) in [6.07, 6.45) is 4.20. The van der Waals surface area contributed by atoms with Crippen molar-refractivity contribution in [1.29, 1.82) is 0 Å². The highest BCUT2D eigenvalue weighted by molar-refractivity contribution is 7.99. The molecule has 7 nitrogen and oxygen atoms in total. The first-order valence-corrected chi connectivity index (χ1v) is 13.8. The number of aryl methyl sites for hydroxylation is 1. The van der Waals surface area contributed by atoms with E-state index in [9.17, 15) is 4.79 Å². The molecule has 0 spiro atoms. The molecule has 0 atom stereocenters. The van der Waals surface area contributed by atoms with Crippen LogP contribution in [0.15, 0.2) is 101 Å². The van der Waals surface area contributed by atoms with E-state index >= 15 is 0 Å². The Labute approximate surface area is 227 Å². The zero-order valence-electron chi connectivity index (χ0n) is 20.5. The molecule has 1 amide bonds. The molecule has 0 bridgehead atoms. The lowest BCUT2D eigenvalue weighted by molar-refractivity contribution is -0.113. The van der Waals surface area contributed by atoms with Crippen LogP contribution < -0.4 is 5.32 Å². The Kier molecular flexibility index (Phi) is 6.76. The number of aromatic nitrogens is 4. The molecule has 6 rings (SSSR count). The lowest BCUT2D eigenvalue weighted by atomic mass is 10.0. The van der Waals surface area contributed by atoms with E-state index in [4.69, 9.17) is 4.42 Å². The summed E-state index contributed by atoms with van der Waals surface area (Å²) in [6.45, 7) is 2.04. The summed E-state index contributed by atoms with van der Waals surface area (Å²) in [4.78, 5) is 18.3. The first kappa shape index (κ1) is 24.1. The number of thioether (sulfide) groups is 1. The highest BCUT2D eigenvalue weighted by Gasteiger charge is 2.19. The van der Waals surface area contributed by atoms with Crippen LogP contribution in [0.5, 0.6) is 0 Å². The predicted octanol–water partition coefficient (Wildman–Crippen LogP) is 6.77. The molecule has 0 unspecified atom stereocenters. The van der Waals surface area contributed by atoms with Gasteiger partial charge < -0.3 is 9.73 Å². The zero-order chi connectivity index (χ0) is 25.9. The average molecular weight is 538 g/mol. The number of hydrogen-bond donors (Lipinski definition) is 1. The van der Waals surface area contributed by atoms with Gasteiger partial charge in [-0.05, 0) is 47.5 Å². The van der Waals surface area contributed by atoms with Crippen LogP contribution in [0.2, 0.25) is 0 Å². The fraction of sp³-hybridized carbons (Fsp3) is 0.103. The summed E-state index contributed by atoms with van der Waals surface area (Å²) in [5, 5.41) is 15.3. The minimum atomic E-state index is -0.154. The van der Waals surface area contributed by atoms with Gasteiger partial charge >= 0.3 is 0 Å². The fourth-order valence-electron chi connectivity index (χ4n) is 4.22. The molecule has 38 heavy (non-hydrogen) atoms. The Bertz CT molecular complexity index is 1700. The number of carbonyl (C=O) groups is 1. The van der Waals surface area contributed by atoms with E-state index in [0.29, 0.717) is 21.9 Å². The second-order valence-electron chi connectivity index (χ2n) is 8.74. The number of nitrogens with zero attached hydrogens (tertiary/aromatic N) is 4. The van der Waals surface area contributed by atoms with E-state index in [2.05, 4.69) is 56.9 Å². The molecule has 3 aromatic heterocycles. The van der Waals surface area contributed by atoms with Crippen LogP contribution in [0.1, 0.15) is 16.0 Å². The highest BCUT2D eigenvalue weighted by atomic mass is 32.2. The van der Waals surface area contributed by atoms with Gasteiger partial charge in [-0.3, -0.25) is 9.36 Å². The van der Waals surface area contributed by atoms with Gasteiger partial charge in [0.25, 0.3) is 0 Å². The maximum absolute atomic E-state index is 12.8. The Morgan fingerprint density at radius 2 is 1.84 bits per heavy atom. The molecule has 3 heterocycles. The normalized spacial score (nSPS) is 11.2. The average Bonchev–Trinajstić information content (AvgIpc) is 3.70. The SMILES string of the molecule is Cc1ccc(-n2c(SCC(=O)Nc3ncc(Cc4cccc5ccccc45)s3)nnc2-c2ccco2)cc1. The largest absolute Gasteiger partial charge is 0.461 e. The quantitative estimate of drug-likeness (QED) is 0.216. The summed E-state index contributed by atoms with van der Waals surface area (Å²) in [5.41, 5.74) is 3.29. The zero-order valence-corrected chi connectivity index (χ0v) is 22.1. The summed E-state index contributed by atoms with van der Waals surface area (Å²) in [7, 11) is 0. The van der Waals surface area contributed by atoms with E-state index in [0.717, 1.165) is 22.5 Å². The molecule has 3 aromatic carbocycles. The molecule has 1 N–H and O–H groups in total. The van der Waals surface area contributed by atoms with Crippen molar-refractivity contribution in [3.05, 3.63) is 107 Å². The van der Waals surface area contributed by atoms with Crippen molar-refractivity contribution in [3.8, 4) is 17.3 Å². The molecule has 6 aromatic rings. The number of hydrogen-bond acceptors (Lipinski definition) is 7. The first-order valence-electron chi connectivity index (χ1n) is 12.0. The smallest absolute Gasteiger partial charge is 0.236 e. The number of benzene rings is 3. The van der Waals surface area contributed by atoms with Gasteiger partial charge in [-0.2, -0.15) is 0 Å². The monoisotopic (exact) mass is 537 g/mol. The molecular weight excluding hydrogens is 514 g/mol. The van der Waals surface area contributed by atoms with Gasteiger partial charge in [-0.15, -0.1) is 21.5 Å². The molecular formula is C29H23N5O2S2. The number of furan rings is 1. The van der Waals surface area contributed by atoms with Crippen LogP contribution in [-0.4, -0.2) is 31.4 Å². The van der Waals surface area contributed by atoms with E-state index < -0.39 is 0 Å². The van der Waals surface area contributed by atoms with Crippen molar-refractivity contribution in [2.24, 2.45) is 0 Å². The van der Waals surface area contributed by atoms with E-state index in [1.54, 1.807) is 6.26 Å². The van der Waals surface area contributed by atoms with Gasteiger partial charge in [-0.25, -0.2) is 4.98 Å². The number of rotatable bonds is 8. The van der Waals surface area contributed by atoms with Gasteiger partial charge in [0.15, 0.2) is 16.0 Å². The Morgan fingerprint density at radius 1 is 1.00 bits per heavy atom. The van der Waals surface area contributed by atoms with Gasteiger partial charge in [0, 0.05) is 23.2 Å². The third-order valence-electron chi connectivity index (χ3n) is 6.04. The Hall–Kier alpha value is -4.21. The summed E-state index contributed by atoms with van der Waals surface area (Å²) in [6, 6.07) is 26.4. The molecule has 188 valence electrons.